The monoisotopic (exact) mass is 319 g/mol. The summed E-state index contributed by atoms with van der Waals surface area (Å²) < 4.78 is 8.01. The minimum Gasteiger partial charge on any atom is -0.465 e. The number of rotatable bonds is 4. The first kappa shape index (κ1) is 14.8. The molecule has 3 heterocycles. The van der Waals surface area contributed by atoms with Crippen LogP contribution in [0.4, 0.5) is 0 Å². The van der Waals surface area contributed by atoms with E-state index < -0.39 is 5.97 Å². The molecule has 0 spiro atoms. The van der Waals surface area contributed by atoms with Gasteiger partial charge in [-0.15, -0.1) is 11.3 Å². The molecule has 0 saturated carbocycles. The van der Waals surface area contributed by atoms with Crippen LogP contribution in [0, 0.1) is 0 Å². The van der Waals surface area contributed by atoms with E-state index in [-0.39, 0.29) is 24.6 Å². The van der Waals surface area contributed by atoms with Gasteiger partial charge in [0.05, 0.1) is 6.61 Å². The zero-order chi connectivity index (χ0) is 15.9. The van der Waals surface area contributed by atoms with Gasteiger partial charge in [-0.1, -0.05) is 13.8 Å². The molecule has 116 valence electrons. The van der Waals surface area contributed by atoms with E-state index in [9.17, 15) is 9.59 Å². The van der Waals surface area contributed by atoms with Gasteiger partial charge in [0.25, 0.3) is 5.56 Å². The van der Waals surface area contributed by atoms with Crippen LogP contribution in [0.1, 0.15) is 32.5 Å². The van der Waals surface area contributed by atoms with Crippen molar-refractivity contribution < 1.29 is 9.53 Å². The number of carbonyl (C=O) groups excluding carboxylic acids is 1. The number of aromatic nitrogens is 3. The van der Waals surface area contributed by atoms with Gasteiger partial charge in [-0.25, -0.2) is 4.68 Å². The van der Waals surface area contributed by atoms with Gasteiger partial charge in [-0.05, 0) is 24.4 Å². The fourth-order valence-corrected chi connectivity index (χ4v) is 3.37. The Hall–Kier alpha value is -2.15. The summed E-state index contributed by atoms with van der Waals surface area (Å²) in [5, 5.41) is 7.40. The summed E-state index contributed by atoms with van der Waals surface area (Å²) >= 11 is 1.57. The Kier molecular flexibility index (Phi) is 3.74. The summed E-state index contributed by atoms with van der Waals surface area (Å²) in [5.41, 5.74) is 0.269. The van der Waals surface area contributed by atoms with E-state index >= 15 is 0 Å². The van der Waals surface area contributed by atoms with Gasteiger partial charge in [0.1, 0.15) is 22.7 Å². The lowest BCUT2D eigenvalue weighted by molar-refractivity contribution is -0.144. The van der Waals surface area contributed by atoms with E-state index in [4.69, 9.17) is 4.74 Å². The van der Waals surface area contributed by atoms with E-state index in [0.29, 0.717) is 5.52 Å². The molecule has 0 fully saturated rings. The molecule has 22 heavy (non-hydrogen) atoms. The first-order chi connectivity index (χ1) is 10.5. The van der Waals surface area contributed by atoms with Gasteiger partial charge in [-0.3, -0.25) is 14.0 Å². The zero-order valence-electron chi connectivity index (χ0n) is 12.7. The molecule has 6 nitrogen and oxygen atoms in total. The Morgan fingerprint density at radius 1 is 1.45 bits per heavy atom. The summed E-state index contributed by atoms with van der Waals surface area (Å²) in [7, 11) is 0. The van der Waals surface area contributed by atoms with Crippen molar-refractivity contribution in [3.05, 3.63) is 33.7 Å². The fraction of sp³-hybridized carbons (Fsp3) is 0.400. The maximum Gasteiger partial charge on any atom is 0.327 e. The lowest BCUT2D eigenvalue weighted by Gasteiger charge is -2.12. The summed E-state index contributed by atoms with van der Waals surface area (Å²) in [5.74, 6) is 0.426. The molecule has 3 rings (SSSR count). The zero-order valence-corrected chi connectivity index (χ0v) is 13.5. The molecule has 0 unspecified atom stereocenters. The maximum absolute atomic E-state index is 12.6. The Balaban J connectivity index is 2.25. The Morgan fingerprint density at radius 3 is 2.91 bits per heavy atom. The minimum atomic E-state index is -0.454. The maximum atomic E-state index is 12.6. The van der Waals surface area contributed by atoms with Gasteiger partial charge in [0, 0.05) is 11.3 Å². The van der Waals surface area contributed by atoms with Gasteiger partial charge in [0.2, 0.25) is 0 Å². The number of hydrogen-bond donors (Lipinski definition) is 0. The molecule has 0 aliphatic rings. The third kappa shape index (κ3) is 2.31. The predicted molar refractivity (Wildman–Crippen MR) is 85.6 cm³/mol. The van der Waals surface area contributed by atoms with Crippen LogP contribution in [0.2, 0.25) is 0 Å². The number of esters is 1. The molecular formula is C15H17N3O3S. The minimum absolute atomic E-state index is 0.120. The smallest absolute Gasteiger partial charge is 0.327 e. The molecule has 0 bridgehead atoms. The lowest BCUT2D eigenvalue weighted by atomic mass is 10.2. The SMILES string of the molecule is CCOC(=O)Cn1nc(C(C)C)n2c(cc3ccsc32)c1=O. The summed E-state index contributed by atoms with van der Waals surface area (Å²) in [4.78, 5) is 25.3. The largest absolute Gasteiger partial charge is 0.465 e. The Labute approximate surface area is 130 Å². The fourth-order valence-electron chi connectivity index (χ4n) is 2.46. The normalized spacial score (nSPS) is 11.6. The summed E-state index contributed by atoms with van der Waals surface area (Å²) in [6.45, 7) is 5.88. The van der Waals surface area contributed by atoms with Crippen molar-refractivity contribution in [2.24, 2.45) is 0 Å². The van der Waals surface area contributed by atoms with Crippen molar-refractivity contribution in [2.75, 3.05) is 6.61 Å². The van der Waals surface area contributed by atoms with Crippen molar-refractivity contribution in [3.63, 3.8) is 0 Å². The van der Waals surface area contributed by atoms with E-state index in [1.54, 1.807) is 18.3 Å². The molecule has 0 amide bonds. The highest BCUT2D eigenvalue weighted by molar-refractivity contribution is 7.16. The second kappa shape index (κ2) is 5.57. The molecular weight excluding hydrogens is 302 g/mol. The number of hydrogen-bond acceptors (Lipinski definition) is 5. The van der Waals surface area contributed by atoms with Crippen LogP contribution < -0.4 is 5.56 Å². The molecule has 0 aliphatic heterocycles. The number of ether oxygens (including phenoxy) is 1. The number of nitrogens with zero attached hydrogens (tertiary/aromatic N) is 3. The van der Waals surface area contributed by atoms with Crippen LogP contribution >= 0.6 is 11.3 Å². The van der Waals surface area contributed by atoms with Crippen LogP contribution in [-0.4, -0.2) is 26.8 Å². The second-order valence-corrected chi connectivity index (χ2v) is 6.22. The van der Waals surface area contributed by atoms with Crippen LogP contribution in [0.15, 0.2) is 22.3 Å². The van der Waals surface area contributed by atoms with Crippen molar-refractivity contribution in [1.29, 1.82) is 0 Å². The van der Waals surface area contributed by atoms with Crippen LogP contribution in [-0.2, 0) is 16.1 Å². The van der Waals surface area contributed by atoms with E-state index in [2.05, 4.69) is 5.10 Å². The molecule has 0 N–H and O–H groups in total. The van der Waals surface area contributed by atoms with Crippen LogP contribution in [0.25, 0.3) is 15.7 Å². The topological polar surface area (TPSA) is 65.6 Å². The van der Waals surface area contributed by atoms with Gasteiger partial charge in [0.15, 0.2) is 0 Å². The van der Waals surface area contributed by atoms with E-state index in [1.807, 2.05) is 35.8 Å². The molecule has 0 saturated heterocycles. The summed E-state index contributed by atoms with van der Waals surface area (Å²) in [6, 6.07) is 3.83. The highest BCUT2D eigenvalue weighted by atomic mass is 32.1. The highest BCUT2D eigenvalue weighted by Gasteiger charge is 2.18. The van der Waals surface area contributed by atoms with Gasteiger partial charge < -0.3 is 4.74 Å². The quantitative estimate of drug-likeness (QED) is 0.693. The standard InChI is InChI=1S/C15H17N3O3S/c1-4-21-12(19)8-17-14(20)11-7-10-5-6-22-15(10)18(11)13(16-17)9(2)3/h5-7,9H,4,8H2,1-3H3. The average molecular weight is 319 g/mol. The third-order valence-electron chi connectivity index (χ3n) is 3.42. The van der Waals surface area contributed by atoms with Gasteiger partial charge in [-0.2, -0.15) is 5.10 Å². The highest BCUT2D eigenvalue weighted by Crippen LogP contribution is 2.26. The van der Waals surface area contributed by atoms with E-state index in [0.717, 1.165) is 16.0 Å². The van der Waals surface area contributed by atoms with Gasteiger partial charge >= 0.3 is 5.97 Å². The molecule has 0 aromatic carbocycles. The summed E-state index contributed by atoms with van der Waals surface area (Å²) in [6.07, 6.45) is 0. The predicted octanol–water partition coefficient (Wildman–Crippen LogP) is 2.40. The molecule has 3 aromatic heterocycles. The molecule has 0 radical (unpaired) electrons. The third-order valence-corrected chi connectivity index (χ3v) is 4.33. The number of carbonyl (C=O) groups is 1. The van der Waals surface area contributed by atoms with Crippen molar-refractivity contribution in [1.82, 2.24) is 14.2 Å². The molecule has 0 atom stereocenters. The van der Waals surface area contributed by atoms with Crippen molar-refractivity contribution in [3.8, 4) is 0 Å². The van der Waals surface area contributed by atoms with Crippen LogP contribution in [0.3, 0.4) is 0 Å². The second-order valence-electron chi connectivity index (χ2n) is 5.33. The van der Waals surface area contributed by atoms with Crippen LogP contribution in [0.5, 0.6) is 0 Å². The number of thiophene rings is 1. The average Bonchev–Trinajstić information content (AvgIpc) is 3.03. The molecule has 7 heteroatoms. The molecule has 3 aromatic rings. The molecule has 0 aliphatic carbocycles. The first-order valence-electron chi connectivity index (χ1n) is 7.18. The van der Waals surface area contributed by atoms with Crippen molar-refractivity contribution >= 4 is 33.0 Å². The number of fused-ring (bicyclic) bond motifs is 3. The van der Waals surface area contributed by atoms with E-state index in [1.165, 1.54) is 4.68 Å². The first-order valence-corrected chi connectivity index (χ1v) is 8.06. The Bertz CT molecular complexity index is 904. The Morgan fingerprint density at radius 2 is 2.23 bits per heavy atom. The van der Waals surface area contributed by atoms with Crippen molar-refractivity contribution in [2.45, 2.75) is 33.2 Å². The lowest BCUT2D eigenvalue weighted by Crippen LogP contribution is -2.31.